The lowest BCUT2D eigenvalue weighted by Gasteiger charge is -2.06. The van der Waals surface area contributed by atoms with Crippen LogP contribution in [0.1, 0.15) is 35.8 Å². The third-order valence-electron chi connectivity index (χ3n) is 3.96. The van der Waals surface area contributed by atoms with E-state index in [9.17, 15) is 9.18 Å². The first-order valence-corrected chi connectivity index (χ1v) is 7.47. The van der Waals surface area contributed by atoms with Crippen LogP contribution in [-0.4, -0.2) is 10.5 Å². The first kappa shape index (κ1) is 14.6. The minimum Gasteiger partial charge on any atom is -0.346 e. The second kappa shape index (κ2) is 5.79. The topological polar surface area (TPSA) is 34.0 Å². The smallest absolute Gasteiger partial charge is 0.248 e. The second-order valence-corrected chi connectivity index (χ2v) is 5.76. The van der Waals surface area contributed by atoms with E-state index in [4.69, 9.17) is 0 Å². The molecule has 0 spiro atoms. The lowest BCUT2D eigenvalue weighted by molar-refractivity contribution is -0.111. The molecule has 0 saturated heterocycles. The summed E-state index contributed by atoms with van der Waals surface area (Å²) in [6.45, 7) is 4.18. The van der Waals surface area contributed by atoms with E-state index in [0.29, 0.717) is 11.7 Å². The standard InChI is InChI=1S/C18H19FN2O/c1-12-11-14(13(2)21(12)17-8-9-17)3-10-18(22)20-16-6-4-15(19)5-7-16/h3-7,10-11,17H,8-9H2,1-2H3,(H,20,22)/b10-3+. The molecule has 2 aromatic rings. The predicted molar refractivity (Wildman–Crippen MR) is 86.2 cm³/mol. The van der Waals surface area contributed by atoms with Crippen LogP contribution in [-0.2, 0) is 4.79 Å². The van der Waals surface area contributed by atoms with Crippen molar-refractivity contribution in [2.45, 2.75) is 32.7 Å². The van der Waals surface area contributed by atoms with Gasteiger partial charge in [0.2, 0.25) is 5.91 Å². The van der Waals surface area contributed by atoms with E-state index in [1.165, 1.54) is 42.4 Å². The Morgan fingerprint density at radius 3 is 2.59 bits per heavy atom. The van der Waals surface area contributed by atoms with E-state index >= 15 is 0 Å². The van der Waals surface area contributed by atoms with E-state index in [0.717, 1.165) is 5.56 Å². The molecule has 4 heteroatoms. The Kier molecular flexibility index (Phi) is 3.84. The highest BCUT2D eigenvalue weighted by atomic mass is 19.1. The zero-order valence-electron chi connectivity index (χ0n) is 12.8. The third kappa shape index (κ3) is 3.11. The van der Waals surface area contributed by atoms with Crippen molar-refractivity contribution in [1.82, 2.24) is 4.57 Å². The number of rotatable bonds is 4. The summed E-state index contributed by atoms with van der Waals surface area (Å²) in [7, 11) is 0. The number of hydrogen-bond acceptors (Lipinski definition) is 1. The number of hydrogen-bond donors (Lipinski definition) is 1. The van der Waals surface area contributed by atoms with Gasteiger partial charge in [-0.2, -0.15) is 0 Å². The lowest BCUT2D eigenvalue weighted by atomic mass is 10.2. The molecule has 1 N–H and O–H groups in total. The van der Waals surface area contributed by atoms with Gasteiger partial charge in [-0.15, -0.1) is 0 Å². The van der Waals surface area contributed by atoms with Crippen molar-refractivity contribution in [2.24, 2.45) is 0 Å². The van der Waals surface area contributed by atoms with Gasteiger partial charge in [-0.3, -0.25) is 4.79 Å². The number of nitrogens with one attached hydrogen (secondary N) is 1. The largest absolute Gasteiger partial charge is 0.346 e. The van der Waals surface area contributed by atoms with Crippen LogP contribution in [0.2, 0.25) is 0 Å². The highest BCUT2D eigenvalue weighted by molar-refractivity contribution is 6.02. The van der Waals surface area contributed by atoms with Gasteiger partial charge in [-0.25, -0.2) is 4.39 Å². The number of carbonyl (C=O) groups excluding carboxylic acids is 1. The summed E-state index contributed by atoms with van der Waals surface area (Å²) in [6.07, 6.45) is 5.83. The zero-order valence-corrected chi connectivity index (χ0v) is 12.8. The molecule has 22 heavy (non-hydrogen) atoms. The molecule has 0 unspecified atom stereocenters. The molecule has 0 atom stereocenters. The predicted octanol–water partition coefficient (Wildman–Crippen LogP) is 4.23. The summed E-state index contributed by atoms with van der Waals surface area (Å²) >= 11 is 0. The molecule has 1 amide bonds. The van der Waals surface area contributed by atoms with Crippen molar-refractivity contribution >= 4 is 17.7 Å². The SMILES string of the molecule is Cc1cc(/C=C/C(=O)Nc2ccc(F)cc2)c(C)n1C1CC1. The van der Waals surface area contributed by atoms with Gasteiger partial charge in [0.15, 0.2) is 0 Å². The maximum atomic E-state index is 12.8. The van der Waals surface area contributed by atoms with E-state index in [1.54, 1.807) is 12.1 Å². The van der Waals surface area contributed by atoms with Gasteiger partial charge in [0, 0.05) is 29.2 Å². The summed E-state index contributed by atoms with van der Waals surface area (Å²) in [4.78, 5) is 11.9. The number of anilines is 1. The Balaban J connectivity index is 1.69. The van der Waals surface area contributed by atoms with Crippen molar-refractivity contribution in [1.29, 1.82) is 0 Å². The molecular formula is C18H19FN2O. The Morgan fingerprint density at radius 2 is 1.95 bits per heavy atom. The number of halogens is 1. The minimum absolute atomic E-state index is 0.220. The number of aromatic nitrogens is 1. The molecule has 1 aliphatic rings. The van der Waals surface area contributed by atoms with E-state index < -0.39 is 0 Å². The molecule has 1 heterocycles. The summed E-state index contributed by atoms with van der Waals surface area (Å²) in [5.41, 5.74) is 4.09. The minimum atomic E-state index is -0.318. The number of benzene rings is 1. The molecule has 3 nitrogen and oxygen atoms in total. The Morgan fingerprint density at radius 1 is 1.27 bits per heavy atom. The normalized spacial score (nSPS) is 14.5. The number of amides is 1. The van der Waals surface area contributed by atoms with Crippen molar-refractivity contribution in [2.75, 3.05) is 5.32 Å². The van der Waals surface area contributed by atoms with Gasteiger partial charge < -0.3 is 9.88 Å². The highest BCUT2D eigenvalue weighted by Crippen LogP contribution is 2.38. The van der Waals surface area contributed by atoms with Crippen molar-refractivity contribution < 1.29 is 9.18 Å². The average Bonchev–Trinajstić information content (AvgIpc) is 3.26. The van der Waals surface area contributed by atoms with Crippen LogP contribution in [0.25, 0.3) is 6.08 Å². The summed E-state index contributed by atoms with van der Waals surface area (Å²) in [5.74, 6) is -0.538. The number of nitrogens with zero attached hydrogens (tertiary/aromatic N) is 1. The van der Waals surface area contributed by atoms with Crippen LogP contribution >= 0.6 is 0 Å². The fraction of sp³-hybridized carbons (Fsp3) is 0.278. The van der Waals surface area contributed by atoms with Gasteiger partial charge >= 0.3 is 0 Å². The van der Waals surface area contributed by atoms with Crippen molar-refractivity contribution in [3.8, 4) is 0 Å². The maximum Gasteiger partial charge on any atom is 0.248 e. The average molecular weight is 298 g/mol. The number of aryl methyl sites for hydroxylation is 1. The van der Waals surface area contributed by atoms with Crippen molar-refractivity contribution in [3.05, 3.63) is 59.2 Å². The Labute approximate surface area is 129 Å². The molecule has 1 aromatic heterocycles. The molecule has 114 valence electrons. The first-order valence-electron chi connectivity index (χ1n) is 7.47. The fourth-order valence-electron chi connectivity index (χ4n) is 2.75. The van der Waals surface area contributed by atoms with Crippen LogP contribution < -0.4 is 5.32 Å². The van der Waals surface area contributed by atoms with Crippen LogP contribution in [0.4, 0.5) is 10.1 Å². The van der Waals surface area contributed by atoms with Gasteiger partial charge in [0.05, 0.1) is 0 Å². The molecule has 3 rings (SSSR count). The monoisotopic (exact) mass is 298 g/mol. The van der Waals surface area contributed by atoms with E-state index in [1.807, 2.05) is 6.08 Å². The molecule has 1 saturated carbocycles. The van der Waals surface area contributed by atoms with Crippen LogP contribution in [0, 0.1) is 19.7 Å². The van der Waals surface area contributed by atoms with E-state index in [2.05, 4.69) is 29.8 Å². The molecule has 1 aromatic carbocycles. The van der Waals surface area contributed by atoms with Crippen LogP contribution in [0.3, 0.4) is 0 Å². The zero-order chi connectivity index (χ0) is 15.7. The molecule has 0 radical (unpaired) electrons. The molecule has 1 fully saturated rings. The Bertz CT molecular complexity index is 724. The van der Waals surface area contributed by atoms with Crippen molar-refractivity contribution in [3.63, 3.8) is 0 Å². The Hall–Kier alpha value is -2.36. The molecule has 0 bridgehead atoms. The maximum absolute atomic E-state index is 12.8. The molecular weight excluding hydrogens is 279 g/mol. The third-order valence-corrected chi connectivity index (χ3v) is 3.96. The van der Waals surface area contributed by atoms with Crippen LogP contribution in [0.15, 0.2) is 36.4 Å². The lowest BCUT2D eigenvalue weighted by Crippen LogP contribution is -2.07. The quantitative estimate of drug-likeness (QED) is 0.842. The highest BCUT2D eigenvalue weighted by Gasteiger charge is 2.26. The molecule has 0 aliphatic heterocycles. The van der Waals surface area contributed by atoms with Gasteiger partial charge in [0.1, 0.15) is 5.82 Å². The summed E-state index contributed by atoms with van der Waals surface area (Å²) in [6, 6.07) is 8.47. The van der Waals surface area contributed by atoms with Gasteiger partial charge in [-0.1, -0.05) is 0 Å². The summed E-state index contributed by atoms with van der Waals surface area (Å²) < 4.78 is 15.2. The fourth-order valence-corrected chi connectivity index (χ4v) is 2.75. The van der Waals surface area contributed by atoms with Gasteiger partial charge in [-0.05, 0) is 68.7 Å². The second-order valence-electron chi connectivity index (χ2n) is 5.76. The van der Waals surface area contributed by atoms with Crippen LogP contribution in [0.5, 0.6) is 0 Å². The van der Waals surface area contributed by atoms with E-state index in [-0.39, 0.29) is 11.7 Å². The summed E-state index contributed by atoms with van der Waals surface area (Å²) in [5, 5.41) is 2.72. The van der Waals surface area contributed by atoms with Gasteiger partial charge in [0.25, 0.3) is 0 Å². The first-order chi connectivity index (χ1) is 10.5. The number of carbonyl (C=O) groups is 1. The molecule has 1 aliphatic carbocycles.